The average molecular weight is 327 g/mol. The molecule has 0 spiro atoms. The summed E-state index contributed by atoms with van der Waals surface area (Å²) in [4.78, 5) is 1.87. The van der Waals surface area contributed by atoms with Crippen molar-refractivity contribution in [3.05, 3.63) is 35.4 Å². The molecule has 1 N–H and O–H groups in total. The van der Waals surface area contributed by atoms with E-state index < -0.39 is 17.7 Å². The minimum absolute atomic E-state index is 0.108. The van der Waals surface area contributed by atoms with Gasteiger partial charge in [0, 0.05) is 45.0 Å². The molecule has 0 aliphatic heterocycles. The molecule has 0 unspecified atom stereocenters. The van der Waals surface area contributed by atoms with Crippen LogP contribution in [0.1, 0.15) is 12.0 Å². The van der Waals surface area contributed by atoms with Crippen LogP contribution in [-0.2, 0) is 16.0 Å². The summed E-state index contributed by atoms with van der Waals surface area (Å²) < 4.78 is 36.9. The molecular formula is C17H23F2NO3. The van der Waals surface area contributed by atoms with Crippen molar-refractivity contribution in [2.24, 2.45) is 0 Å². The van der Waals surface area contributed by atoms with Gasteiger partial charge in [0.15, 0.2) is 0 Å². The van der Waals surface area contributed by atoms with Gasteiger partial charge in [-0.3, -0.25) is 4.90 Å². The molecule has 1 aromatic rings. The minimum atomic E-state index is -0.741. The predicted molar refractivity (Wildman–Crippen MR) is 83.8 cm³/mol. The summed E-state index contributed by atoms with van der Waals surface area (Å²) in [7, 11) is 1.60. The van der Waals surface area contributed by atoms with Crippen molar-refractivity contribution in [1.29, 1.82) is 0 Å². The van der Waals surface area contributed by atoms with E-state index in [9.17, 15) is 13.9 Å². The lowest BCUT2D eigenvalue weighted by atomic mass is 10.1. The molecule has 1 aromatic carbocycles. The number of methoxy groups -OCH3 is 1. The molecule has 1 atom stereocenters. The third-order valence-electron chi connectivity index (χ3n) is 3.20. The highest BCUT2D eigenvalue weighted by Gasteiger charge is 2.14. The Morgan fingerprint density at radius 2 is 2.17 bits per heavy atom. The van der Waals surface area contributed by atoms with Crippen molar-refractivity contribution >= 4 is 0 Å². The number of hydrogen-bond acceptors (Lipinski definition) is 4. The largest absolute Gasteiger partial charge is 0.389 e. The van der Waals surface area contributed by atoms with E-state index in [-0.39, 0.29) is 19.8 Å². The van der Waals surface area contributed by atoms with Crippen molar-refractivity contribution in [3.8, 4) is 12.3 Å². The van der Waals surface area contributed by atoms with E-state index >= 15 is 0 Å². The van der Waals surface area contributed by atoms with E-state index in [0.717, 1.165) is 12.5 Å². The Bertz CT molecular complexity index is 505. The number of terminal acetylenes is 1. The summed E-state index contributed by atoms with van der Waals surface area (Å²) in [5.74, 6) is 1.11. The lowest BCUT2D eigenvalue weighted by molar-refractivity contribution is 0.0242. The van der Waals surface area contributed by atoms with Crippen molar-refractivity contribution in [1.82, 2.24) is 4.90 Å². The summed E-state index contributed by atoms with van der Waals surface area (Å²) in [6.07, 6.45) is 5.07. The summed E-state index contributed by atoms with van der Waals surface area (Å²) >= 11 is 0. The van der Waals surface area contributed by atoms with E-state index in [1.165, 1.54) is 12.1 Å². The molecule has 0 aliphatic carbocycles. The number of nitrogens with zero attached hydrogens (tertiary/aromatic N) is 1. The van der Waals surface area contributed by atoms with Gasteiger partial charge in [-0.25, -0.2) is 8.78 Å². The molecular weight excluding hydrogens is 304 g/mol. The maximum Gasteiger partial charge on any atom is 0.130 e. The molecule has 0 aromatic heterocycles. The van der Waals surface area contributed by atoms with Crippen molar-refractivity contribution in [3.63, 3.8) is 0 Å². The number of rotatable bonds is 11. The molecule has 0 saturated heterocycles. The smallest absolute Gasteiger partial charge is 0.130 e. The van der Waals surface area contributed by atoms with Gasteiger partial charge in [0.05, 0.1) is 12.7 Å². The fourth-order valence-electron chi connectivity index (χ4n) is 2.16. The number of benzene rings is 1. The van der Waals surface area contributed by atoms with E-state index in [4.69, 9.17) is 15.9 Å². The Kier molecular flexibility index (Phi) is 9.41. The lowest BCUT2D eigenvalue weighted by Gasteiger charge is -2.25. The number of aliphatic hydroxyl groups is 1. The third-order valence-corrected chi connectivity index (χ3v) is 3.20. The number of halogens is 2. The van der Waals surface area contributed by atoms with E-state index in [1.807, 2.05) is 4.90 Å². The molecule has 0 amide bonds. The standard InChI is InChI=1S/C17H23F2NO3/c1-3-8-23-13-16(21)12-20(7-4-9-22-2)11-14-5-6-15(18)10-17(14)19/h1,5-6,10,16,21H,4,7-9,11-13H2,2H3/t16-/m1/s1. The molecule has 0 aliphatic rings. The van der Waals surface area contributed by atoms with Crippen LogP contribution in [0.5, 0.6) is 0 Å². The van der Waals surface area contributed by atoms with Crippen LogP contribution in [0, 0.1) is 24.0 Å². The van der Waals surface area contributed by atoms with Gasteiger partial charge in [-0.05, 0) is 12.5 Å². The lowest BCUT2D eigenvalue weighted by Crippen LogP contribution is -2.36. The fourth-order valence-corrected chi connectivity index (χ4v) is 2.16. The first-order valence-corrected chi connectivity index (χ1v) is 7.41. The van der Waals surface area contributed by atoms with Gasteiger partial charge in [0.1, 0.15) is 18.2 Å². The topological polar surface area (TPSA) is 41.9 Å². The van der Waals surface area contributed by atoms with Gasteiger partial charge in [-0.2, -0.15) is 0 Å². The van der Waals surface area contributed by atoms with Gasteiger partial charge in [0.25, 0.3) is 0 Å². The molecule has 23 heavy (non-hydrogen) atoms. The summed E-state index contributed by atoms with van der Waals surface area (Å²) in [5.41, 5.74) is 0.376. The van der Waals surface area contributed by atoms with Gasteiger partial charge in [-0.1, -0.05) is 12.0 Å². The van der Waals surface area contributed by atoms with E-state index in [2.05, 4.69) is 5.92 Å². The first kappa shape index (κ1) is 19.5. The van der Waals surface area contributed by atoms with Crippen LogP contribution in [0.3, 0.4) is 0 Å². The maximum atomic E-state index is 13.8. The molecule has 0 bridgehead atoms. The highest BCUT2D eigenvalue weighted by atomic mass is 19.1. The predicted octanol–water partition coefficient (Wildman–Crippen LogP) is 1.81. The van der Waals surface area contributed by atoms with Crippen LogP contribution in [-0.4, -0.2) is 56.1 Å². The van der Waals surface area contributed by atoms with Gasteiger partial charge < -0.3 is 14.6 Å². The molecule has 0 fully saturated rings. The summed E-state index contributed by atoms with van der Waals surface area (Å²) in [6, 6.07) is 3.49. The molecule has 1 rings (SSSR count). The van der Waals surface area contributed by atoms with Gasteiger partial charge in [0.2, 0.25) is 0 Å². The highest BCUT2D eigenvalue weighted by molar-refractivity contribution is 5.18. The van der Waals surface area contributed by atoms with Crippen LogP contribution in [0.4, 0.5) is 8.78 Å². The second-order valence-electron chi connectivity index (χ2n) is 5.19. The Labute approximate surface area is 136 Å². The number of ether oxygens (including phenoxy) is 2. The Morgan fingerprint density at radius 3 is 2.83 bits per heavy atom. The molecule has 128 valence electrons. The number of aliphatic hydroxyl groups excluding tert-OH is 1. The quantitative estimate of drug-likeness (QED) is 0.497. The van der Waals surface area contributed by atoms with E-state index in [0.29, 0.717) is 25.3 Å². The van der Waals surface area contributed by atoms with Crippen molar-refractivity contribution < 1.29 is 23.4 Å². The van der Waals surface area contributed by atoms with Crippen molar-refractivity contribution in [2.45, 2.75) is 19.1 Å². The Hall–Kier alpha value is -1.52. The van der Waals surface area contributed by atoms with Gasteiger partial charge >= 0.3 is 0 Å². The van der Waals surface area contributed by atoms with Crippen LogP contribution in [0.2, 0.25) is 0 Å². The molecule has 4 nitrogen and oxygen atoms in total. The second kappa shape index (κ2) is 11.1. The minimum Gasteiger partial charge on any atom is -0.389 e. The summed E-state index contributed by atoms with van der Waals surface area (Å²) in [6.45, 7) is 1.97. The monoisotopic (exact) mass is 327 g/mol. The zero-order chi connectivity index (χ0) is 17.1. The fraction of sp³-hybridized carbons (Fsp3) is 0.529. The summed E-state index contributed by atoms with van der Waals surface area (Å²) in [5, 5.41) is 9.97. The zero-order valence-corrected chi connectivity index (χ0v) is 13.3. The van der Waals surface area contributed by atoms with Crippen LogP contribution in [0.25, 0.3) is 0 Å². The normalized spacial score (nSPS) is 12.3. The van der Waals surface area contributed by atoms with Crippen LogP contribution >= 0.6 is 0 Å². The Balaban J connectivity index is 2.61. The third kappa shape index (κ3) is 8.05. The highest BCUT2D eigenvalue weighted by Crippen LogP contribution is 2.13. The Morgan fingerprint density at radius 1 is 1.39 bits per heavy atom. The SMILES string of the molecule is C#CCOC[C@H](O)CN(CCCOC)Cc1ccc(F)cc1F. The molecule has 6 heteroatoms. The van der Waals surface area contributed by atoms with Crippen LogP contribution < -0.4 is 0 Å². The number of hydrogen-bond donors (Lipinski definition) is 1. The van der Waals surface area contributed by atoms with Crippen molar-refractivity contribution in [2.75, 3.05) is 40.0 Å². The second-order valence-corrected chi connectivity index (χ2v) is 5.19. The maximum absolute atomic E-state index is 13.8. The van der Waals surface area contributed by atoms with E-state index in [1.54, 1.807) is 7.11 Å². The first-order valence-electron chi connectivity index (χ1n) is 7.41. The average Bonchev–Trinajstić information content (AvgIpc) is 2.50. The van der Waals surface area contributed by atoms with Gasteiger partial charge in [-0.15, -0.1) is 6.42 Å². The molecule has 0 heterocycles. The zero-order valence-electron chi connectivity index (χ0n) is 13.3. The first-order chi connectivity index (χ1) is 11.1. The molecule has 0 saturated carbocycles. The van der Waals surface area contributed by atoms with Crippen LogP contribution in [0.15, 0.2) is 18.2 Å². The molecule has 0 radical (unpaired) electrons.